The van der Waals surface area contributed by atoms with Crippen LogP contribution in [0.1, 0.15) is 36.1 Å². The third-order valence-electron chi connectivity index (χ3n) is 4.22. The summed E-state index contributed by atoms with van der Waals surface area (Å²) in [5.41, 5.74) is 1.90. The molecule has 2 aromatic rings. The van der Waals surface area contributed by atoms with E-state index in [1.165, 1.54) is 0 Å². The first kappa shape index (κ1) is 17.8. The second kappa shape index (κ2) is 7.45. The molecule has 0 radical (unpaired) electrons. The van der Waals surface area contributed by atoms with E-state index >= 15 is 0 Å². The SMILES string of the molecule is Cc1cc(Nc2nc(C)cs2)nc(C2CCCN2CC(=O)N(C)C)n1. The molecule has 25 heavy (non-hydrogen) atoms. The Morgan fingerprint density at radius 1 is 1.32 bits per heavy atom. The van der Waals surface area contributed by atoms with E-state index in [9.17, 15) is 4.79 Å². The lowest BCUT2D eigenvalue weighted by Crippen LogP contribution is -2.36. The van der Waals surface area contributed by atoms with Gasteiger partial charge >= 0.3 is 0 Å². The van der Waals surface area contributed by atoms with Crippen molar-refractivity contribution in [1.82, 2.24) is 24.8 Å². The number of rotatable bonds is 5. The molecule has 2 aromatic heterocycles. The Morgan fingerprint density at radius 3 is 2.80 bits per heavy atom. The highest BCUT2D eigenvalue weighted by Crippen LogP contribution is 2.31. The first-order valence-electron chi connectivity index (χ1n) is 8.41. The monoisotopic (exact) mass is 360 g/mol. The fourth-order valence-corrected chi connectivity index (χ4v) is 3.64. The number of carbonyl (C=O) groups is 1. The minimum atomic E-state index is 0.0855. The van der Waals surface area contributed by atoms with Gasteiger partial charge in [0.2, 0.25) is 5.91 Å². The Balaban J connectivity index is 1.80. The fraction of sp³-hybridized carbons (Fsp3) is 0.529. The fourth-order valence-electron chi connectivity index (χ4n) is 2.95. The normalized spacial score (nSPS) is 17.7. The highest BCUT2D eigenvalue weighted by Gasteiger charge is 2.30. The molecule has 1 aliphatic rings. The van der Waals surface area contributed by atoms with E-state index in [-0.39, 0.29) is 11.9 Å². The maximum Gasteiger partial charge on any atom is 0.236 e. The zero-order valence-corrected chi connectivity index (χ0v) is 15.9. The molecule has 1 amide bonds. The molecule has 0 saturated carbocycles. The van der Waals surface area contributed by atoms with Crippen LogP contribution in [0.25, 0.3) is 0 Å². The van der Waals surface area contributed by atoms with Crippen LogP contribution < -0.4 is 5.32 Å². The summed E-state index contributed by atoms with van der Waals surface area (Å²) in [6.45, 7) is 5.24. The van der Waals surface area contributed by atoms with Crippen molar-refractivity contribution in [2.24, 2.45) is 0 Å². The minimum Gasteiger partial charge on any atom is -0.348 e. The molecule has 0 spiro atoms. The molecule has 1 aliphatic heterocycles. The lowest BCUT2D eigenvalue weighted by Gasteiger charge is -2.24. The highest BCUT2D eigenvalue weighted by molar-refractivity contribution is 7.13. The second-order valence-electron chi connectivity index (χ2n) is 6.59. The van der Waals surface area contributed by atoms with E-state index in [0.29, 0.717) is 6.54 Å². The van der Waals surface area contributed by atoms with Gasteiger partial charge in [0.05, 0.1) is 18.3 Å². The number of likely N-dealkylation sites (N-methyl/N-ethyl adjacent to an activating group) is 1. The lowest BCUT2D eigenvalue weighted by molar-refractivity contribution is -0.130. The largest absolute Gasteiger partial charge is 0.348 e. The third kappa shape index (κ3) is 4.32. The molecule has 7 nitrogen and oxygen atoms in total. The lowest BCUT2D eigenvalue weighted by atomic mass is 10.2. The molecule has 3 heterocycles. The van der Waals surface area contributed by atoms with Gasteiger partial charge in [0.25, 0.3) is 0 Å². The number of hydrogen-bond donors (Lipinski definition) is 1. The van der Waals surface area contributed by atoms with Gasteiger partial charge in [-0.25, -0.2) is 15.0 Å². The molecule has 134 valence electrons. The molecular formula is C17H24N6OS. The van der Waals surface area contributed by atoms with Crippen molar-refractivity contribution >= 4 is 28.2 Å². The number of carbonyl (C=O) groups excluding carboxylic acids is 1. The summed E-state index contributed by atoms with van der Waals surface area (Å²) in [4.78, 5) is 29.6. The van der Waals surface area contributed by atoms with Gasteiger partial charge in [-0.15, -0.1) is 11.3 Å². The average Bonchev–Trinajstić information content (AvgIpc) is 3.15. The molecule has 0 aliphatic carbocycles. The quantitative estimate of drug-likeness (QED) is 0.883. The third-order valence-corrected chi connectivity index (χ3v) is 5.10. The summed E-state index contributed by atoms with van der Waals surface area (Å²) in [6, 6.07) is 2.01. The van der Waals surface area contributed by atoms with E-state index in [1.807, 2.05) is 25.3 Å². The zero-order chi connectivity index (χ0) is 18.0. The second-order valence-corrected chi connectivity index (χ2v) is 7.45. The molecule has 1 N–H and O–H groups in total. The van der Waals surface area contributed by atoms with Crippen molar-refractivity contribution in [3.05, 3.63) is 28.7 Å². The Bertz CT molecular complexity index is 759. The minimum absolute atomic E-state index is 0.0855. The van der Waals surface area contributed by atoms with Crippen molar-refractivity contribution in [1.29, 1.82) is 0 Å². The zero-order valence-electron chi connectivity index (χ0n) is 15.1. The van der Waals surface area contributed by atoms with Crippen LogP contribution in [-0.2, 0) is 4.79 Å². The van der Waals surface area contributed by atoms with Crippen molar-refractivity contribution in [2.45, 2.75) is 32.7 Å². The topological polar surface area (TPSA) is 74.2 Å². The van der Waals surface area contributed by atoms with Gasteiger partial charge in [-0.3, -0.25) is 9.69 Å². The number of thiazole rings is 1. The number of hydrogen-bond acceptors (Lipinski definition) is 7. The standard InChI is InChI=1S/C17H24N6OS/c1-11-8-14(21-17-19-12(2)10-25-17)20-16(18-11)13-6-5-7-23(13)9-15(24)22(3)4/h8,10,13H,5-7,9H2,1-4H3,(H,18,19,20,21). The number of likely N-dealkylation sites (tertiary alicyclic amines) is 1. The number of nitrogens with zero attached hydrogens (tertiary/aromatic N) is 5. The predicted octanol–water partition coefficient (Wildman–Crippen LogP) is 2.52. The Kier molecular flexibility index (Phi) is 5.29. The molecular weight excluding hydrogens is 336 g/mol. The van der Waals surface area contributed by atoms with Crippen molar-refractivity contribution in [2.75, 3.05) is 32.5 Å². The number of amides is 1. The van der Waals surface area contributed by atoms with Crippen LogP contribution in [0.2, 0.25) is 0 Å². The van der Waals surface area contributed by atoms with Gasteiger partial charge in [0.15, 0.2) is 5.13 Å². The van der Waals surface area contributed by atoms with Gasteiger partial charge in [0.1, 0.15) is 11.6 Å². The van der Waals surface area contributed by atoms with E-state index in [0.717, 1.165) is 47.5 Å². The molecule has 0 aromatic carbocycles. The number of anilines is 2. The van der Waals surface area contributed by atoms with Gasteiger partial charge < -0.3 is 10.2 Å². The Morgan fingerprint density at radius 2 is 2.12 bits per heavy atom. The number of aryl methyl sites for hydroxylation is 2. The van der Waals surface area contributed by atoms with E-state index < -0.39 is 0 Å². The van der Waals surface area contributed by atoms with Crippen LogP contribution in [0.15, 0.2) is 11.4 Å². The molecule has 1 fully saturated rings. The van der Waals surface area contributed by atoms with Crippen molar-refractivity contribution < 1.29 is 4.79 Å². The smallest absolute Gasteiger partial charge is 0.236 e. The summed E-state index contributed by atoms with van der Waals surface area (Å²) >= 11 is 1.56. The predicted molar refractivity (Wildman–Crippen MR) is 99.1 cm³/mol. The average molecular weight is 360 g/mol. The van der Waals surface area contributed by atoms with Crippen LogP contribution in [-0.4, -0.2) is 57.8 Å². The maximum atomic E-state index is 12.1. The molecule has 0 bridgehead atoms. The highest BCUT2D eigenvalue weighted by atomic mass is 32.1. The molecule has 8 heteroatoms. The summed E-state index contributed by atoms with van der Waals surface area (Å²) in [5.74, 6) is 1.64. The van der Waals surface area contributed by atoms with Crippen LogP contribution in [0.3, 0.4) is 0 Å². The van der Waals surface area contributed by atoms with Crippen LogP contribution in [0, 0.1) is 13.8 Å². The first-order chi connectivity index (χ1) is 11.9. The molecule has 3 rings (SSSR count). The van der Waals surface area contributed by atoms with Crippen molar-refractivity contribution in [3.63, 3.8) is 0 Å². The number of nitrogens with one attached hydrogen (secondary N) is 1. The number of aromatic nitrogens is 3. The van der Waals surface area contributed by atoms with Gasteiger partial charge in [-0.1, -0.05) is 0 Å². The van der Waals surface area contributed by atoms with E-state index in [1.54, 1.807) is 30.3 Å². The van der Waals surface area contributed by atoms with Crippen LogP contribution in [0.4, 0.5) is 10.9 Å². The summed E-state index contributed by atoms with van der Waals surface area (Å²) < 4.78 is 0. The van der Waals surface area contributed by atoms with Crippen LogP contribution in [0.5, 0.6) is 0 Å². The van der Waals surface area contributed by atoms with Crippen LogP contribution >= 0.6 is 11.3 Å². The van der Waals surface area contributed by atoms with Crippen molar-refractivity contribution in [3.8, 4) is 0 Å². The molecule has 1 atom stereocenters. The summed E-state index contributed by atoms with van der Waals surface area (Å²) in [6.07, 6.45) is 2.02. The Hall–Kier alpha value is -2.06. The summed E-state index contributed by atoms with van der Waals surface area (Å²) in [7, 11) is 3.57. The Labute approximate surface area is 152 Å². The van der Waals surface area contributed by atoms with E-state index in [4.69, 9.17) is 4.98 Å². The molecule has 1 unspecified atom stereocenters. The van der Waals surface area contributed by atoms with Gasteiger partial charge in [0, 0.05) is 31.2 Å². The van der Waals surface area contributed by atoms with Gasteiger partial charge in [-0.05, 0) is 33.2 Å². The summed E-state index contributed by atoms with van der Waals surface area (Å²) in [5, 5.41) is 6.10. The molecule has 1 saturated heterocycles. The first-order valence-corrected chi connectivity index (χ1v) is 9.29. The van der Waals surface area contributed by atoms with Gasteiger partial charge in [-0.2, -0.15) is 0 Å². The maximum absolute atomic E-state index is 12.1. The van der Waals surface area contributed by atoms with E-state index in [2.05, 4.69) is 20.2 Å².